The van der Waals surface area contributed by atoms with Crippen molar-refractivity contribution in [3.63, 3.8) is 0 Å². The van der Waals surface area contributed by atoms with E-state index in [0.29, 0.717) is 24.6 Å². The average Bonchev–Trinajstić information content (AvgIpc) is 3.42. The third kappa shape index (κ3) is 3.84. The number of fused-ring (bicyclic) bond motifs is 4. The van der Waals surface area contributed by atoms with Gasteiger partial charge in [0.15, 0.2) is 0 Å². The first-order chi connectivity index (χ1) is 18.5. The fourth-order valence-electron chi connectivity index (χ4n) is 5.54. The zero-order chi connectivity index (χ0) is 26.4. The Hall–Kier alpha value is -4.14. The monoisotopic (exact) mass is 528 g/mol. The number of benzene rings is 3. The number of halogens is 1. The molecule has 0 radical (unpaired) electrons. The Bertz CT molecular complexity index is 1580. The van der Waals surface area contributed by atoms with Crippen molar-refractivity contribution in [2.45, 2.75) is 18.5 Å². The predicted molar refractivity (Wildman–Crippen MR) is 144 cm³/mol. The molecule has 1 fully saturated rings. The molecular formula is C29H25ClN4O4. The summed E-state index contributed by atoms with van der Waals surface area (Å²) in [7, 11) is 1.55. The first-order valence-corrected chi connectivity index (χ1v) is 12.7. The molecule has 2 aliphatic rings. The van der Waals surface area contributed by atoms with E-state index in [1.54, 1.807) is 42.3 Å². The number of nitrogens with one attached hydrogen (secondary N) is 2. The largest absolute Gasteiger partial charge is 0.383 e. The number of rotatable bonds is 6. The summed E-state index contributed by atoms with van der Waals surface area (Å²) >= 11 is 6.37. The van der Waals surface area contributed by atoms with Gasteiger partial charge in [-0.3, -0.25) is 14.5 Å². The minimum absolute atomic E-state index is 0.244. The summed E-state index contributed by atoms with van der Waals surface area (Å²) in [4.78, 5) is 47.3. The summed E-state index contributed by atoms with van der Waals surface area (Å²) in [5, 5.41) is 4.34. The van der Waals surface area contributed by atoms with Gasteiger partial charge in [-0.05, 0) is 41.5 Å². The van der Waals surface area contributed by atoms with Crippen LogP contribution in [0.1, 0.15) is 33.2 Å². The SMILES string of the molecule is COCCNC(=O)c1ccccc1N1C(=O)[C@@H]2Cc3c([nH]c4ccccc34)[C@@H](c3cccc(Cl)c3)N2C1=O. The number of hydrogen-bond donors (Lipinski definition) is 2. The third-order valence-corrected chi connectivity index (χ3v) is 7.43. The van der Waals surface area contributed by atoms with Crippen molar-refractivity contribution < 1.29 is 19.1 Å². The lowest BCUT2D eigenvalue weighted by Gasteiger charge is -2.36. The molecule has 0 spiro atoms. The van der Waals surface area contributed by atoms with E-state index in [1.807, 2.05) is 42.5 Å². The maximum atomic E-state index is 14.1. The number of ether oxygens (including phenoxy) is 1. The van der Waals surface area contributed by atoms with E-state index in [0.717, 1.165) is 32.6 Å². The van der Waals surface area contributed by atoms with Crippen LogP contribution in [0.15, 0.2) is 72.8 Å². The van der Waals surface area contributed by atoms with Crippen LogP contribution in [0.2, 0.25) is 5.02 Å². The molecule has 38 heavy (non-hydrogen) atoms. The van der Waals surface area contributed by atoms with Crippen molar-refractivity contribution >= 4 is 46.0 Å². The van der Waals surface area contributed by atoms with Gasteiger partial charge in [0, 0.05) is 41.7 Å². The number of nitrogens with zero attached hydrogens (tertiary/aromatic N) is 2. The summed E-state index contributed by atoms with van der Waals surface area (Å²) < 4.78 is 5.02. The molecule has 192 valence electrons. The second-order valence-electron chi connectivity index (χ2n) is 9.37. The lowest BCUT2D eigenvalue weighted by atomic mass is 9.89. The number of imide groups is 1. The summed E-state index contributed by atoms with van der Waals surface area (Å²) in [5.41, 5.74) is 4.10. The predicted octanol–water partition coefficient (Wildman–Crippen LogP) is 4.68. The highest BCUT2D eigenvalue weighted by Gasteiger charge is 2.53. The third-order valence-electron chi connectivity index (χ3n) is 7.19. The van der Waals surface area contributed by atoms with Crippen molar-refractivity contribution in [1.29, 1.82) is 0 Å². The number of amides is 4. The number of H-pyrrole nitrogens is 1. The molecule has 8 nitrogen and oxygen atoms in total. The summed E-state index contributed by atoms with van der Waals surface area (Å²) in [5.74, 6) is -0.749. The van der Waals surface area contributed by atoms with Gasteiger partial charge in [-0.25, -0.2) is 9.69 Å². The van der Waals surface area contributed by atoms with Crippen molar-refractivity contribution in [2.75, 3.05) is 25.2 Å². The number of para-hydroxylation sites is 2. The van der Waals surface area contributed by atoms with Crippen molar-refractivity contribution in [1.82, 2.24) is 15.2 Å². The molecule has 9 heteroatoms. The van der Waals surface area contributed by atoms with Gasteiger partial charge in [0.05, 0.1) is 17.9 Å². The minimum Gasteiger partial charge on any atom is -0.383 e. The quantitative estimate of drug-likeness (QED) is 0.280. The number of anilines is 1. The summed E-state index contributed by atoms with van der Waals surface area (Å²) in [6.07, 6.45) is 0.361. The van der Waals surface area contributed by atoms with Crippen LogP contribution in [0, 0.1) is 0 Å². The summed E-state index contributed by atoms with van der Waals surface area (Å²) in [6, 6.07) is 20.2. The molecule has 3 heterocycles. The number of carbonyl (C=O) groups is 3. The highest BCUT2D eigenvalue weighted by atomic mass is 35.5. The Labute approximate surface area is 224 Å². The minimum atomic E-state index is -0.734. The van der Waals surface area contributed by atoms with Gasteiger partial charge in [0.25, 0.3) is 11.8 Å². The highest BCUT2D eigenvalue weighted by molar-refractivity contribution is 6.30. The maximum Gasteiger partial charge on any atom is 0.332 e. The zero-order valence-electron chi connectivity index (χ0n) is 20.6. The van der Waals surface area contributed by atoms with Crippen LogP contribution in [-0.2, 0) is 16.0 Å². The number of methoxy groups -OCH3 is 1. The molecule has 0 saturated carbocycles. The smallest absolute Gasteiger partial charge is 0.332 e. The highest BCUT2D eigenvalue weighted by Crippen LogP contribution is 2.45. The van der Waals surface area contributed by atoms with Crippen molar-refractivity contribution in [2.24, 2.45) is 0 Å². The van der Waals surface area contributed by atoms with Crippen LogP contribution in [0.3, 0.4) is 0 Å². The van der Waals surface area contributed by atoms with Crippen LogP contribution < -0.4 is 10.2 Å². The van der Waals surface area contributed by atoms with E-state index in [1.165, 1.54) is 0 Å². The second kappa shape index (κ2) is 9.63. The Morgan fingerprint density at radius 3 is 2.68 bits per heavy atom. The van der Waals surface area contributed by atoms with Gasteiger partial charge in [0.1, 0.15) is 12.1 Å². The number of aromatic nitrogens is 1. The molecule has 4 amide bonds. The topological polar surface area (TPSA) is 94.7 Å². The van der Waals surface area contributed by atoms with Gasteiger partial charge >= 0.3 is 6.03 Å². The van der Waals surface area contributed by atoms with Crippen LogP contribution in [0.25, 0.3) is 10.9 Å². The van der Waals surface area contributed by atoms with Gasteiger partial charge in [0.2, 0.25) is 0 Å². The molecule has 1 aromatic heterocycles. The summed E-state index contributed by atoms with van der Waals surface area (Å²) in [6.45, 7) is 0.650. The Morgan fingerprint density at radius 1 is 1.08 bits per heavy atom. The fourth-order valence-corrected chi connectivity index (χ4v) is 5.74. The van der Waals surface area contributed by atoms with E-state index in [9.17, 15) is 14.4 Å². The number of carbonyl (C=O) groups excluding carboxylic acids is 3. The number of hydrogen-bond acceptors (Lipinski definition) is 4. The van der Waals surface area contributed by atoms with Crippen LogP contribution in [0.4, 0.5) is 10.5 Å². The fraction of sp³-hybridized carbons (Fsp3) is 0.207. The van der Waals surface area contributed by atoms with Crippen LogP contribution in [0.5, 0.6) is 0 Å². The second-order valence-corrected chi connectivity index (χ2v) is 9.81. The normalized spacial score (nSPS) is 18.6. The van der Waals surface area contributed by atoms with Crippen LogP contribution in [-0.4, -0.2) is 54.0 Å². The van der Waals surface area contributed by atoms with E-state index >= 15 is 0 Å². The molecule has 3 aromatic carbocycles. The van der Waals surface area contributed by atoms with Gasteiger partial charge < -0.3 is 15.0 Å². The number of aromatic amines is 1. The van der Waals surface area contributed by atoms with Crippen molar-refractivity contribution in [3.8, 4) is 0 Å². The first kappa shape index (κ1) is 24.2. The van der Waals surface area contributed by atoms with E-state index < -0.39 is 18.1 Å². The Morgan fingerprint density at radius 2 is 1.87 bits per heavy atom. The first-order valence-electron chi connectivity index (χ1n) is 12.4. The van der Waals surface area contributed by atoms with Crippen molar-refractivity contribution in [3.05, 3.63) is 100 Å². The van der Waals surface area contributed by atoms with Gasteiger partial charge in [-0.1, -0.05) is 54.1 Å². The molecule has 0 unspecified atom stereocenters. The van der Waals surface area contributed by atoms with E-state index in [-0.39, 0.29) is 23.1 Å². The van der Waals surface area contributed by atoms with Gasteiger partial charge in [-0.2, -0.15) is 0 Å². The number of urea groups is 1. The molecule has 1 saturated heterocycles. The molecule has 0 bridgehead atoms. The molecule has 2 atom stereocenters. The molecule has 4 aromatic rings. The van der Waals surface area contributed by atoms with E-state index in [2.05, 4.69) is 10.3 Å². The zero-order valence-corrected chi connectivity index (χ0v) is 21.4. The molecular weight excluding hydrogens is 504 g/mol. The lowest BCUT2D eigenvalue weighted by molar-refractivity contribution is -0.120. The maximum absolute atomic E-state index is 14.1. The molecule has 2 N–H and O–H groups in total. The lowest BCUT2D eigenvalue weighted by Crippen LogP contribution is -2.44. The Kier molecular flexibility index (Phi) is 6.13. The van der Waals surface area contributed by atoms with E-state index in [4.69, 9.17) is 16.3 Å². The average molecular weight is 529 g/mol. The van der Waals surface area contributed by atoms with Gasteiger partial charge in [-0.15, -0.1) is 0 Å². The standard InChI is InChI=1S/C29H25ClN4O4/c1-38-14-13-31-27(35)20-10-3-5-12-23(20)34-28(36)24-16-21-19-9-2-4-11-22(19)32-25(21)26(33(24)29(34)37)17-7-6-8-18(30)15-17/h2-12,15,24,26,32H,13-14,16H2,1H3,(H,31,35)/t24-,26+/m0/s1. The molecule has 6 rings (SSSR count). The van der Waals surface area contributed by atoms with Crippen LogP contribution >= 0.6 is 11.6 Å². The Balaban J connectivity index is 1.46. The molecule has 2 aliphatic heterocycles. The molecule has 0 aliphatic carbocycles.